The van der Waals surface area contributed by atoms with Crippen molar-refractivity contribution < 1.29 is 15.3 Å². The summed E-state index contributed by atoms with van der Waals surface area (Å²) in [6.07, 6.45) is 72.1. The van der Waals surface area contributed by atoms with Crippen LogP contribution < -0.4 is 0 Å². The van der Waals surface area contributed by atoms with Gasteiger partial charge in [0.25, 0.3) is 0 Å². The van der Waals surface area contributed by atoms with E-state index >= 15 is 0 Å². The van der Waals surface area contributed by atoms with E-state index in [1.165, 1.54) is 148 Å². The van der Waals surface area contributed by atoms with Crippen LogP contribution in [0.15, 0.2) is 72.9 Å². The van der Waals surface area contributed by atoms with Crippen molar-refractivity contribution in [3.05, 3.63) is 72.9 Å². The van der Waals surface area contributed by atoms with Gasteiger partial charge in [-0.1, -0.05) is 229 Å². The molecule has 0 bridgehead atoms. The summed E-state index contributed by atoms with van der Waals surface area (Å²) in [6.45, 7) is 6.42. The van der Waals surface area contributed by atoms with Gasteiger partial charge in [-0.15, -0.1) is 0 Å². The van der Waals surface area contributed by atoms with Crippen LogP contribution in [0, 0.1) is 0 Å². The Bertz CT molecular complexity index is 986. The summed E-state index contributed by atoms with van der Waals surface area (Å²) in [5, 5.41) is 34.6. The summed E-state index contributed by atoms with van der Waals surface area (Å²) < 4.78 is 0. The van der Waals surface area contributed by atoms with Crippen LogP contribution in [0.3, 0.4) is 0 Å². The standard InChI is InChI=1S/C57H104O3/c1-4-7-10-13-16-19-22-25-28-31-34-37-40-43-46-49-52-56(59,53-50-47-44-41-38-35-32-29-26-23-20-17-14-11-8-5-2)57(60,55-58)54-51-48-45-42-39-36-33-30-27-24-21-18-15-12-9-6-3/h16-21,25-30,58-60H,4-15,22-24,31-55H2,1-3H3/b19-16-,20-17-,21-18-,28-25-,29-26-,30-27-. The topological polar surface area (TPSA) is 60.7 Å². The number of hydrogen-bond acceptors (Lipinski definition) is 3. The van der Waals surface area contributed by atoms with Crippen molar-refractivity contribution in [1.29, 1.82) is 0 Å². The highest BCUT2D eigenvalue weighted by Crippen LogP contribution is 2.37. The van der Waals surface area contributed by atoms with Gasteiger partial charge >= 0.3 is 0 Å². The largest absolute Gasteiger partial charge is 0.393 e. The van der Waals surface area contributed by atoms with Crippen LogP contribution in [-0.2, 0) is 0 Å². The molecule has 3 nitrogen and oxygen atoms in total. The van der Waals surface area contributed by atoms with Crippen LogP contribution in [0.5, 0.6) is 0 Å². The normalized spacial score (nSPS) is 13.9. The zero-order chi connectivity index (χ0) is 43.8. The molecule has 0 saturated heterocycles. The average Bonchev–Trinajstić information content (AvgIpc) is 3.25. The molecule has 1 unspecified atom stereocenters. The van der Waals surface area contributed by atoms with Gasteiger partial charge in [-0.25, -0.2) is 0 Å². The molecule has 1 atom stereocenters. The van der Waals surface area contributed by atoms with E-state index in [0.29, 0.717) is 19.3 Å². The van der Waals surface area contributed by atoms with E-state index in [1.54, 1.807) is 0 Å². The van der Waals surface area contributed by atoms with E-state index in [2.05, 4.69) is 93.7 Å². The summed E-state index contributed by atoms with van der Waals surface area (Å²) in [6, 6.07) is 0. The molecule has 60 heavy (non-hydrogen) atoms. The summed E-state index contributed by atoms with van der Waals surface area (Å²) in [5.74, 6) is 0. The van der Waals surface area contributed by atoms with E-state index in [1.807, 2.05) is 0 Å². The monoisotopic (exact) mass is 837 g/mol. The van der Waals surface area contributed by atoms with E-state index < -0.39 is 11.2 Å². The minimum Gasteiger partial charge on any atom is -0.393 e. The van der Waals surface area contributed by atoms with Gasteiger partial charge in [0.2, 0.25) is 0 Å². The lowest BCUT2D eigenvalue weighted by Gasteiger charge is -2.43. The Morgan fingerprint density at radius 3 is 0.733 bits per heavy atom. The lowest BCUT2D eigenvalue weighted by molar-refractivity contribution is -0.185. The third-order valence-electron chi connectivity index (χ3n) is 12.5. The quantitative estimate of drug-likeness (QED) is 0.0423. The Hall–Kier alpha value is -1.68. The molecular formula is C57H104O3. The van der Waals surface area contributed by atoms with Crippen molar-refractivity contribution in [2.45, 2.75) is 282 Å². The highest BCUT2D eigenvalue weighted by Gasteiger charge is 2.47. The summed E-state index contributed by atoms with van der Waals surface area (Å²) in [4.78, 5) is 0. The number of aliphatic hydroxyl groups excluding tert-OH is 1. The van der Waals surface area contributed by atoms with Crippen LogP contribution in [0.2, 0.25) is 0 Å². The lowest BCUT2D eigenvalue weighted by Crippen LogP contribution is -2.56. The minimum atomic E-state index is -1.42. The second-order valence-electron chi connectivity index (χ2n) is 18.2. The van der Waals surface area contributed by atoms with Gasteiger partial charge in [-0.2, -0.15) is 0 Å². The maximum absolute atomic E-state index is 12.1. The van der Waals surface area contributed by atoms with Gasteiger partial charge in [-0.3, -0.25) is 0 Å². The van der Waals surface area contributed by atoms with Crippen molar-refractivity contribution in [3.8, 4) is 0 Å². The fraction of sp³-hybridized carbons (Fsp3) is 0.789. The van der Waals surface area contributed by atoms with Crippen molar-refractivity contribution in [2.75, 3.05) is 6.61 Å². The number of allylic oxidation sites excluding steroid dienone is 12. The van der Waals surface area contributed by atoms with Gasteiger partial charge in [0.15, 0.2) is 0 Å². The highest BCUT2D eigenvalue weighted by atomic mass is 16.4. The summed E-state index contributed by atoms with van der Waals surface area (Å²) in [5.41, 5.74) is -2.64. The van der Waals surface area contributed by atoms with E-state index in [4.69, 9.17) is 0 Å². The SMILES string of the molecule is CCCCC/C=C\C/C=C\CCCCCCCCC(O)(CO)C(O)(CCCCCCCC/C=C\C/C=C\CCCCC)CCCCCCCC/C=C\C/C=C\CCCCC. The molecule has 0 spiro atoms. The van der Waals surface area contributed by atoms with Crippen molar-refractivity contribution >= 4 is 0 Å². The van der Waals surface area contributed by atoms with Crippen LogP contribution in [-0.4, -0.2) is 33.1 Å². The molecule has 0 aliphatic rings. The Morgan fingerprint density at radius 2 is 0.483 bits per heavy atom. The molecule has 0 saturated carbocycles. The first kappa shape index (κ1) is 58.3. The van der Waals surface area contributed by atoms with Crippen LogP contribution in [0.4, 0.5) is 0 Å². The fourth-order valence-corrected chi connectivity index (χ4v) is 8.27. The molecule has 0 aliphatic carbocycles. The first-order chi connectivity index (χ1) is 29.5. The molecule has 0 amide bonds. The van der Waals surface area contributed by atoms with Gasteiger partial charge < -0.3 is 15.3 Å². The van der Waals surface area contributed by atoms with Crippen LogP contribution in [0.1, 0.15) is 271 Å². The maximum Gasteiger partial charge on any atom is 0.116 e. The molecule has 0 aromatic heterocycles. The number of rotatable bonds is 47. The van der Waals surface area contributed by atoms with E-state index in [9.17, 15) is 15.3 Å². The number of unbranched alkanes of at least 4 members (excludes halogenated alkanes) is 27. The lowest BCUT2D eigenvalue weighted by atomic mass is 9.73. The summed E-state index contributed by atoms with van der Waals surface area (Å²) in [7, 11) is 0. The third kappa shape index (κ3) is 38.0. The maximum atomic E-state index is 12.1. The second kappa shape index (κ2) is 46.8. The van der Waals surface area contributed by atoms with Crippen molar-refractivity contribution in [3.63, 3.8) is 0 Å². The van der Waals surface area contributed by atoms with Crippen LogP contribution in [0.25, 0.3) is 0 Å². The Kier molecular flexibility index (Phi) is 45.5. The van der Waals surface area contributed by atoms with Gasteiger partial charge in [0.05, 0.1) is 12.2 Å². The molecule has 0 heterocycles. The average molecular weight is 837 g/mol. The van der Waals surface area contributed by atoms with Gasteiger partial charge in [0.1, 0.15) is 5.60 Å². The molecule has 0 fully saturated rings. The predicted molar refractivity (Wildman–Crippen MR) is 269 cm³/mol. The van der Waals surface area contributed by atoms with Gasteiger partial charge in [0, 0.05) is 0 Å². The molecule has 3 N–H and O–H groups in total. The van der Waals surface area contributed by atoms with Crippen molar-refractivity contribution in [2.24, 2.45) is 0 Å². The van der Waals surface area contributed by atoms with Crippen LogP contribution >= 0.6 is 0 Å². The van der Waals surface area contributed by atoms with E-state index in [-0.39, 0.29) is 6.61 Å². The third-order valence-corrected chi connectivity index (χ3v) is 12.5. The molecule has 3 heteroatoms. The van der Waals surface area contributed by atoms with Gasteiger partial charge in [-0.05, 0) is 116 Å². The fourth-order valence-electron chi connectivity index (χ4n) is 8.27. The molecule has 0 aromatic carbocycles. The Balaban J connectivity index is 4.64. The number of aliphatic hydroxyl groups is 3. The van der Waals surface area contributed by atoms with Crippen molar-refractivity contribution in [1.82, 2.24) is 0 Å². The smallest absolute Gasteiger partial charge is 0.116 e. The zero-order valence-electron chi connectivity index (χ0n) is 40.6. The molecular weight excluding hydrogens is 733 g/mol. The molecule has 0 rings (SSSR count). The first-order valence-electron chi connectivity index (χ1n) is 26.4. The first-order valence-corrected chi connectivity index (χ1v) is 26.4. The van der Waals surface area contributed by atoms with E-state index in [0.717, 1.165) is 83.5 Å². The molecule has 0 radical (unpaired) electrons. The minimum absolute atomic E-state index is 0.353. The molecule has 0 aromatic rings. The predicted octanol–water partition coefficient (Wildman–Crippen LogP) is 18.1. The number of hydrogen-bond donors (Lipinski definition) is 3. The zero-order valence-corrected chi connectivity index (χ0v) is 40.6. The Morgan fingerprint density at radius 1 is 0.267 bits per heavy atom. The molecule has 350 valence electrons. The highest BCUT2D eigenvalue weighted by molar-refractivity contribution is 5.00. The summed E-state index contributed by atoms with van der Waals surface area (Å²) >= 11 is 0. The Labute approximate surface area is 375 Å². The second-order valence-corrected chi connectivity index (χ2v) is 18.2. The molecule has 0 aliphatic heterocycles.